The van der Waals surface area contributed by atoms with E-state index in [9.17, 15) is 13.2 Å². The number of hydrogen-bond donors (Lipinski definition) is 1. The molecule has 1 heterocycles. The van der Waals surface area contributed by atoms with Crippen LogP contribution >= 0.6 is 0 Å². The Labute approximate surface area is 155 Å². The standard InChI is InChI=1S/C20H26N2O3S/c23-19-2-1-7-22(19)17-3-5-18(6-4-17)26(24,25)21-20-11-14-8-15(12-20)10-16(9-14)13-20/h3-6,14-16,21H,1-2,7-13H2. The van der Waals surface area contributed by atoms with Crippen LogP contribution < -0.4 is 9.62 Å². The molecular formula is C20H26N2O3S. The maximum absolute atomic E-state index is 13.0. The van der Waals surface area contributed by atoms with Gasteiger partial charge < -0.3 is 4.90 Å². The van der Waals surface area contributed by atoms with Crippen LogP contribution in [0.5, 0.6) is 0 Å². The highest BCUT2D eigenvalue weighted by atomic mass is 32.2. The van der Waals surface area contributed by atoms with Crippen molar-refractivity contribution in [2.24, 2.45) is 17.8 Å². The van der Waals surface area contributed by atoms with Crippen LogP contribution in [0.25, 0.3) is 0 Å². The molecule has 5 nitrogen and oxygen atoms in total. The molecule has 0 unspecified atom stereocenters. The summed E-state index contributed by atoms with van der Waals surface area (Å²) >= 11 is 0. The SMILES string of the molecule is O=C1CCCN1c1ccc(S(=O)(=O)NC23CC4CC(CC(C4)C2)C3)cc1. The number of nitrogens with zero attached hydrogens (tertiary/aromatic N) is 1. The highest BCUT2D eigenvalue weighted by molar-refractivity contribution is 7.89. The van der Waals surface area contributed by atoms with E-state index in [0.29, 0.717) is 29.1 Å². The number of hydrogen-bond acceptors (Lipinski definition) is 3. The molecule has 1 aliphatic heterocycles. The summed E-state index contributed by atoms with van der Waals surface area (Å²) in [5, 5.41) is 0. The number of nitrogens with one attached hydrogen (secondary N) is 1. The van der Waals surface area contributed by atoms with Crippen LogP contribution in [0.3, 0.4) is 0 Å². The molecule has 140 valence electrons. The quantitative estimate of drug-likeness (QED) is 0.881. The van der Waals surface area contributed by atoms with Crippen LogP contribution in [0.2, 0.25) is 0 Å². The van der Waals surface area contributed by atoms with Crippen molar-refractivity contribution in [2.75, 3.05) is 11.4 Å². The Hall–Kier alpha value is -1.40. The van der Waals surface area contributed by atoms with Crippen LogP contribution in [0.1, 0.15) is 51.4 Å². The Bertz CT molecular complexity index is 796. The largest absolute Gasteiger partial charge is 0.312 e. The first kappa shape index (κ1) is 16.8. The molecule has 5 aliphatic rings. The van der Waals surface area contributed by atoms with Crippen molar-refractivity contribution in [3.05, 3.63) is 24.3 Å². The molecule has 0 atom stereocenters. The minimum absolute atomic E-state index is 0.118. The van der Waals surface area contributed by atoms with Gasteiger partial charge in [0.2, 0.25) is 15.9 Å². The van der Waals surface area contributed by atoms with Crippen molar-refractivity contribution >= 4 is 21.6 Å². The summed E-state index contributed by atoms with van der Waals surface area (Å²) in [5.74, 6) is 2.22. The Morgan fingerprint density at radius 1 is 0.962 bits per heavy atom. The first-order chi connectivity index (χ1) is 12.4. The zero-order valence-electron chi connectivity index (χ0n) is 15.0. The molecule has 0 radical (unpaired) electrons. The Morgan fingerprint density at radius 2 is 1.54 bits per heavy atom. The molecule has 4 saturated carbocycles. The molecule has 1 aromatic carbocycles. The summed E-state index contributed by atoms with van der Waals surface area (Å²) in [6.45, 7) is 0.719. The second-order valence-electron chi connectivity index (χ2n) is 8.95. The van der Waals surface area contributed by atoms with Crippen molar-refractivity contribution in [3.8, 4) is 0 Å². The van der Waals surface area contributed by atoms with E-state index in [1.54, 1.807) is 29.2 Å². The van der Waals surface area contributed by atoms with Gasteiger partial charge in [-0.1, -0.05) is 0 Å². The molecule has 1 amide bonds. The van der Waals surface area contributed by atoms with Gasteiger partial charge in [-0.05, 0) is 87.0 Å². The molecule has 1 saturated heterocycles. The van der Waals surface area contributed by atoms with Crippen molar-refractivity contribution < 1.29 is 13.2 Å². The highest BCUT2D eigenvalue weighted by Crippen LogP contribution is 2.55. The number of benzene rings is 1. The zero-order chi connectivity index (χ0) is 17.9. The Balaban J connectivity index is 1.37. The normalized spacial score (nSPS) is 36.1. The van der Waals surface area contributed by atoms with E-state index < -0.39 is 10.0 Å². The lowest BCUT2D eigenvalue weighted by atomic mass is 9.53. The second kappa shape index (κ2) is 5.80. The van der Waals surface area contributed by atoms with E-state index in [1.165, 1.54) is 19.3 Å². The van der Waals surface area contributed by atoms with Gasteiger partial charge in [0.1, 0.15) is 0 Å². The highest BCUT2D eigenvalue weighted by Gasteiger charge is 2.52. The van der Waals surface area contributed by atoms with Gasteiger partial charge in [0.15, 0.2) is 0 Å². The predicted octanol–water partition coefficient (Wildman–Crippen LogP) is 3.06. The van der Waals surface area contributed by atoms with E-state index in [1.807, 2.05) is 0 Å². The molecule has 1 N–H and O–H groups in total. The lowest BCUT2D eigenvalue weighted by Gasteiger charge is -2.56. The van der Waals surface area contributed by atoms with Gasteiger partial charge >= 0.3 is 0 Å². The predicted molar refractivity (Wildman–Crippen MR) is 99.3 cm³/mol. The van der Waals surface area contributed by atoms with Crippen LogP contribution in [0.4, 0.5) is 5.69 Å². The van der Waals surface area contributed by atoms with Gasteiger partial charge in [-0.3, -0.25) is 4.79 Å². The Morgan fingerprint density at radius 3 is 2.04 bits per heavy atom. The minimum Gasteiger partial charge on any atom is -0.312 e. The summed E-state index contributed by atoms with van der Waals surface area (Å²) in [6.07, 6.45) is 8.31. The molecule has 4 aliphatic carbocycles. The third kappa shape index (κ3) is 2.78. The number of sulfonamides is 1. The minimum atomic E-state index is -3.53. The van der Waals surface area contributed by atoms with Gasteiger partial charge in [-0.25, -0.2) is 13.1 Å². The number of anilines is 1. The van der Waals surface area contributed by atoms with Gasteiger partial charge in [-0.2, -0.15) is 0 Å². The van der Waals surface area contributed by atoms with E-state index in [-0.39, 0.29) is 11.4 Å². The molecule has 26 heavy (non-hydrogen) atoms. The number of rotatable bonds is 4. The van der Waals surface area contributed by atoms with Gasteiger partial charge in [0, 0.05) is 24.2 Å². The van der Waals surface area contributed by atoms with Gasteiger partial charge in [-0.15, -0.1) is 0 Å². The molecule has 1 aromatic rings. The fourth-order valence-corrected chi connectivity index (χ4v) is 7.74. The van der Waals surface area contributed by atoms with Crippen molar-refractivity contribution in [1.82, 2.24) is 4.72 Å². The molecule has 4 bridgehead atoms. The zero-order valence-corrected chi connectivity index (χ0v) is 15.8. The third-order valence-corrected chi connectivity index (χ3v) is 8.52. The van der Waals surface area contributed by atoms with Gasteiger partial charge in [0.05, 0.1) is 4.90 Å². The van der Waals surface area contributed by atoms with Crippen molar-refractivity contribution in [3.63, 3.8) is 0 Å². The topological polar surface area (TPSA) is 66.5 Å². The Kier molecular flexibility index (Phi) is 3.73. The summed E-state index contributed by atoms with van der Waals surface area (Å²) in [6, 6.07) is 6.81. The summed E-state index contributed by atoms with van der Waals surface area (Å²) in [4.78, 5) is 13.9. The second-order valence-corrected chi connectivity index (χ2v) is 10.6. The van der Waals surface area contributed by atoms with E-state index >= 15 is 0 Å². The molecule has 5 fully saturated rings. The van der Waals surface area contributed by atoms with E-state index in [4.69, 9.17) is 0 Å². The number of carbonyl (C=O) groups is 1. The van der Waals surface area contributed by atoms with Crippen molar-refractivity contribution in [1.29, 1.82) is 0 Å². The van der Waals surface area contributed by atoms with Crippen LogP contribution in [-0.4, -0.2) is 26.4 Å². The number of carbonyl (C=O) groups excluding carboxylic acids is 1. The fraction of sp³-hybridized carbons (Fsp3) is 0.650. The van der Waals surface area contributed by atoms with E-state index in [2.05, 4.69) is 4.72 Å². The molecule has 6 rings (SSSR count). The first-order valence-corrected chi connectivity index (χ1v) is 11.4. The maximum atomic E-state index is 13.0. The third-order valence-electron chi connectivity index (χ3n) is 6.92. The molecule has 0 spiro atoms. The summed E-state index contributed by atoms with van der Waals surface area (Å²) < 4.78 is 29.2. The summed E-state index contributed by atoms with van der Waals surface area (Å²) in [7, 11) is -3.53. The van der Waals surface area contributed by atoms with E-state index in [0.717, 1.165) is 37.9 Å². The maximum Gasteiger partial charge on any atom is 0.241 e. The molecular weight excluding hydrogens is 348 g/mol. The smallest absolute Gasteiger partial charge is 0.241 e. The average Bonchev–Trinajstić information content (AvgIpc) is 2.99. The first-order valence-electron chi connectivity index (χ1n) is 9.87. The molecule has 6 heteroatoms. The van der Waals surface area contributed by atoms with Gasteiger partial charge in [0.25, 0.3) is 0 Å². The average molecular weight is 375 g/mol. The van der Waals surface area contributed by atoms with Crippen molar-refractivity contribution in [2.45, 2.75) is 61.8 Å². The lowest BCUT2D eigenvalue weighted by Crippen LogP contribution is -2.59. The molecule has 0 aromatic heterocycles. The van der Waals surface area contributed by atoms with Crippen LogP contribution in [-0.2, 0) is 14.8 Å². The number of amides is 1. The van der Waals surface area contributed by atoms with Crippen LogP contribution in [0.15, 0.2) is 29.2 Å². The lowest BCUT2D eigenvalue weighted by molar-refractivity contribution is -0.117. The monoisotopic (exact) mass is 374 g/mol. The fourth-order valence-electron chi connectivity index (χ4n) is 6.31. The summed E-state index contributed by atoms with van der Waals surface area (Å²) in [5.41, 5.74) is 0.568. The van der Waals surface area contributed by atoms with Crippen LogP contribution in [0, 0.1) is 17.8 Å².